The van der Waals surface area contributed by atoms with E-state index in [1.165, 1.54) is 18.7 Å². The molecule has 39 heavy (non-hydrogen) atoms. The van der Waals surface area contributed by atoms with Crippen LogP contribution in [-0.4, -0.2) is 25.7 Å². The zero-order chi connectivity index (χ0) is 28.6. The Labute approximate surface area is 256 Å². The van der Waals surface area contributed by atoms with E-state index in [4.69, 9.17) is 4.74 Å². The number of aldehydes is 1. The number of aryl methyl sites for hydroxylation is 1. The normalized spacial score (nSPS) is 9.00. The summed E-state index contributed by atoms with van der Waals surface area (Å²) >= 11 is 0. The second kappa shape index (κ2) is 28.1. The molecule has 0 saturated heterocycles. The van der Waals surface area contributed by atoms with Gasteiger partial charge < -0.3 is 17.0 Å². The monoisotopic (exact) mass is 550 g/mol. The maximum atomic E-state index is 12.6. The Kier molecular flexibility index (Phi) is 31.1. The first-order valence-corrected chi connectivity index (χ1v) is 11.6. The van der Waals surface area contributed by atoms with Crippen molar-refractivity contribution in [2.45, 2.75) is 40.7 Å². The van der Waals surface area contributed by atoms with Crippen LogP contribution in [0.1, 0.15) is 53.4 Å². The molecule has 0 aliphatic rings. The topological polar surface area (TPSA) is 38.7 Å². The van der Waals surface area contributed by atoms with Crippen molar-refractivity contribution in [2.24, 2.45) is 4.99 Å². The van der Waals surface area contributed by atoms with Crippen molar-refractivity contribution in [2.75, 3.05) is 7.05 Å². The van der Waals surface area contributed by atoms with E-state index in [2.05, 4.69) is 38.1 Å². The molecule has 0 aliphatic heterocycles. The molecule has 0 fully saturated rings. The number of alkyl halides is 2. The molecule has 0 radical (unpaired) electrons. The number of carbonyl (C=O) groups excluding carboxylic acids is 1. The molecule has 7 heteroatoms. The van der Waals surface area contributed by atoms with Crippen molar-refractivity contribution in [3.05, 3.63) is 140 Å². The smallest absolute Gasteiger partial charge is 0.472 e. The average Bonchev–Trinajstić information content (AvgIpc) is 2.93. The summed E-state index contributed by atoms with van der Waals surface area (Å²) in [5.74, 6) is -0.767. The predicted molar refractivity (Wildman–Crippen MR) is 155 cm³/mol. The van der Waals surface area contributed by atoms with Gasteiger partial charge in [0.15, 0.2) is 0 Å². The number of benzene rings is 3. The standard InChI is InChI=1S/C12H12F2NO2.C8H8F.C7H7.C2H6.C2H4.CH3.Na/c1-8-3-4-9(5-10(8)6-16)7-17-12(15-2)11(13)14;1-2-7-5-3-4-6-8(7)9;1-7-5-3-2-4-6-7;2*1-2;;/h3-6,11H,1,7H2,2H3;2-6H,1H3;3-6H,1H3;1-2H3;1-2H2;1H3;/q3*-1;;;-1;+1. The first-order chi connectivity index (χ1) is 17.8. The van der Waals surface area contributed by atoms with Crippen LogP contribution in [0.4, 0.5) is 13.2 Å². The number of nitrogens with zero attached hydrogens (tertiary/aromatic N) is 1. The molecule has 0 amide bonds. The Bertz CT molecular complexity index is 1030. The van der Waals surface area contributed by atoms with Gasteiger partial charge in [-0.25, -0.2) is 0 Å². The molecule has 0 aliphatic carbocycles. The molecule has 0 N–H and O–H groups in total. The number of halogens is 3. The first kappa shape index (κ1) is 43.1. The van der Waals surface area contributed by atoms with Crippen molar-refractivity contribution in [3.63, 3.8) is 0 Å². The average molecular weight is 551 g/mol. The second-order valence-corrected chi connectivity index (χ2v) is 6.69. The van der Waals surface area contributed by atoms with Gasteiger partial charge in [0.2, 0.25) is 0 Å². The van der Waals surface area contributed by atoms with E-state index in [0.717, 1.165) is 0 Å². The summed E-state index contributed by atoms with van der Waals surface area (Å²) in [5, 5.41) is 0. The van der Waals surface area contributed by atoms with Crippen LogP contribution in [0.5, 0.6) is 0 Å². The van der Waals surface area contributed by atoms with Gasteiger partial charge in [0.25, 0.3) is 5.90 Å². The Morgan fingerprint density at radius 3 is 2.08 bits per heavy atom. The van der Waals surface area contributed by atoms with Crippen LogP contribution in [0.15, 0.2) is 84.9 Å². The van der Waals surface area contributed by atoms with Crippen molar-refractivity contribution in [1.82, 2.24) is 0 Å². The minimum Gasteiger partial charge on any atom is -0.472 e. The molecule has 0 atom stereocenters. The first-order valence-electron chi connectivity index (χ1n) is 11.6. The third-order valence-electron chi connectivity index (χ3n) is 4.23. The Morgan fingerprint density at radius 2 is 1.69 bits per heavy atom. The maximum absolute atomic E-state index is 12.6. The fourth-order valence-corrected chi connectivity index (χ4v) is 2.41. The molecule has 210 valence electrons. The molecule has 0 unspecified atom stereocenters. The van der Waals surface area contributed by atoms with E-state index >= 15 is 0 Å². The molecule has 0 spiro atoms. The van der Waals surface area contributed by atoms with Crippen molar-refractivity contribution >= 4 is 12.2 Å². The van der Waals surface area contributed by atoms with Crippen LogP contribution >= 0.6 is 0 Å². The molecule has 0 heterocycles. The number of ether oxygens (including phenoxy) is 1. The van der Waals surface area contributed by atoms with E-state index in [9.17, 15) is 18.0 Å². The second-order valence-electron chi connectivity index (χ2n) is 6.69. The van der Waals surface area contributed by atoms with Crippen LogP contribution in [0, 0.1) is 39.6 Å². The van der Waals surface area contributed by atoms with Gasteiger partial charge >= 0.3 is 36.0 Å². The van der Waals surface area contributed by atoms with Gasteiger partial charge in [-0.15, -0.1) is 31.4 Å². The number of aliphatic imine (C=N–C) groups is 1. The van der Waals surface area contributed by atoms with Gasteiger partial charge in [0.1, 0.15) is 6.61 Å². The van der Waals surface area contributed by atoms with Gasteiger partial charge in [0.05, 0.1) is 6.29 Å². The zero-order valence-corrected chi connectivity index (χ0v) is 26.3. The van der Waals surface area contributed by atoms with E-state index in [1.807, 2.05) is 51.1 Å². The Hall–Kier alpha value is -2.93. The summed E-state index contributed by atoms with van der Waals surface area (Å²) in [6, 6.07) is 22.4. The third-order valence-corrected chi connectivity index (χ3v) is 4.23. The Balaban J connectivity index is -0.000000235. The van der Waals surface area contributed by atoms with E-state index < -0.39 is 12.3 Å². The van der Waals surface area contributed by atoms with Crippen LogP contribution in [0.25, 0.3) is 0 Å². The zero-order valence-electron chi connectivity index (χ0n) is 24.3. The third kappa shape index (κ3) is 19.7. The van der Waals surface area contributed by atoms with Crippen molar-refractivity contribution in [1.29, 1.82) is 0 Å². The summed E-state index contributed by atoms with van der Waals surface area (Å²) in [7, 11) is 1.23. The molecular formula is C32H40F3NNaO2-3. The van der Waals surface area contributed by atoms with Gasteiger partial charge in [-0.05, 0) is 5.56 Å². The minimum atomic E-state index is -2.74. The molecular weight excluding hydrogens is 510 g/mol. The minimum absolute atomic E-state index is 0. The largest absolute Gasteiger partial charge is 1.00 e. The van der Waals surface area contributed by atoms with Gasteiger partial charge in [0, 0.05) is 12.9 Å². The van der Waals surface area contributed by atoms with Crippen LogP contribution < -0.4 is 29.6 Å². The molecule has 0 aromatic heterocycles. The quantitative estimate of drug-likeness (QED) is 0.0981. The fraction of sp³-hybridized carbons (Fsp3) is 0.219. The van der Waals surface area contributed by atoms with E-state index in [1.54, 1.807) is 36.8 Å². The number of carbonyl (C=O) groups is 1. The summed E-state index contributed by atoms with van der Waals surface area (Å²) < 4.78 is 42.0. The number of hydrogen-bond acceptors (Lipinski definition) is 3. The van der Waals surface area contributed by atoms with E-state index in [-0.39, 0.29) is 49.4 Å². The van der Waals surface area contributed by atoms with Gasteiger partial charge in [-0.2, -0.15) is 81.3 Å². The molecule has 3 aromatic rings. The molecule has 3 nitrogen and oxygen atoms in total. The number of hydrogen-bond donors (Lipinski definition) is 0. The maximum Gasteiger partial charge on any atom is 1.00 e. The number of rotatable bonds is 5. The summed E-state index contributed by atoms with van der Waals surface area (Å²) in [5.41, 5.74) is 3.57. The molecule has 0 saturated carbocycles. The van der Waals surface area contributed by atoms with Crippen molar-refractivity contribution in [3.8, 4) is 0 Å². The van der Waals surface area contributed by atoms with Gasteiger partial charge in [-0.1, -0.05) is 45.4 Å². The SMILES string of the molecule is C=C.CC.C[CH-]c1ccccc1F.Cc1cc[c-]cc1.[CH2-]c1ccc(COC(=NC)C(F)F)cc1C=O.[CH3-].[Na+]. The van der Waals surface area contributed by atoms with E-state index in [0.29, 0.717) is 28.5 Å². The predicted octanol–water partition coefficient (Wildman–Crippen LogP) is 5.97. The molecule has 3 aromatic carbocycles. The molecule has 0 bridgehead atoms. The van der Waals surface area contributed by atoms with Crippen LogP contribution in [0.2, 0.25) is 0 Å². The summed E-state index contributed by atoms with van der Waals surface area (Å²) in [6.07, 6.45) is -0.332. The van der Waals surface area contributed by atoms with Crippen LogP contribution in [0.3, 0.4) is 0 Å². The summed E-state index contributed by atoms with van der Waals surface area (Å²) in [4.78, 5) is 14.0. The molecule has 3 rings (SSSR count). The Morgan fingerprint density at radius 1 is 1.13 bits per heavy atom. The fourth-order valence-electron chi connectivity index (χ4n) is 2.41. The van der Waals surface area contributed by atoms with Gasteiger partial charge in [-0.3, -0.25) is 9.38 Å². The summed E-state index contributed by atoms with van der Waals surface area (Å²) in [6.45, 7) is 17.5. The van der Waals surface area contributed by atoms with Crippen molar-refractivity contribution < 1.29 is 52.3 Å². The van der Waals surface area contributed by atoms with Crippen LogP contribution in [-0.2, 0) is 11.3 Å².